The lowest BCUT2D eigenvalue weighted by Crippen LogP contribution is -2.30. The van der Waals surface area contributed by atoms with Gasteiger partial charge in [0, 0.05) is 18.0 Å². The van der Waals surface area contributed by atoms with Gasteiger partial charge in [0.2, 0.25) is 0 Å². The van der Waals surface area contributed by atoms with Crippen LogP contribution in [0.15, 0.2) is 29.6 Å². The van der Waals surface area contributed by atoms with Crippen molar-refractivity contribution in [3.8, 4) is 5.75 Å². The Morgan fingerprint density at radius 3 is 2.74 bits per heavy atom. The number of anilines is 1. The van der Waals surface area contributed by atoms with Crippen molar-refractivity contribution in [3.63, 3.8) is 0 Å². The van der Waals surface area contributed by atoms with Crippen molar-refractivity contribution >= 4 is 45.5 Å². The van der Waals surface area contributed by atoms with Crippen molar-refractivity contribution in [1.82, 2.24) is 0 Å². The lowest BCUT2D eigenvalue weighted by Gasteiger charge is -2.22. The lowest BCUT2D eigenvalue weighted by atomic mass is 10.1. The Morgan fingerprint density at radius 2 is 2.16 bits per heavy atom. The number of nitrogens with zero attached hydrogens (tertiary/aromatic N) is 1. The molecule has 19 heavy (non-hydrogen) atoms. The van der Waals surface area contributed by atoms with E-state index in [9.17, 15) is 9.90 Å². The van der Waals surface area contributed by atoms with Crippen LogP contribution in [-0.4, -0.2) is 17.6 Å². The van der Waals surface area contributed by atoms with E-state index in [1.165, 1.54) is 0 Å². The van der Waals surface area contributed by atoms with Crippen molar-refractivity contribution in [3.05, 3.63) is 43.7 Å². The number of halogens is 1. The molecule has 5 heteroatoms. The first-order chi connectivity index (χ1) is 9.02. The molecule has 1 aromatic carbocycles. The van der Waals surface area contributed by atoms with E-state index in [1.807, 2.05) is 31.4 Å². The van der Waals surface area contributed by atoms with Crippen molar-refractivity contribution in [2.24, 2.45) is 0 Å². The van der Waals surface area contributed by atoms with Gasteiger partial charge in [-0.2, -0.15) is 0 Å². The van der Waals surface area contributed by atoms with Gasteiger partial charge in [0.15, 0.2) is 0 Å². The quantitative estimate of drug-likeness (QED) is 0.808. The van der Waals surface area contributed by atoms with Crippen LogP contribution in [0.3, 0.4) is 0 Å². The predicted molar refractivity (Wildman–Crippen MR) is 87.2 cm³/mol. The summed E-state index contributed by atoms with van der Waals surface area (Å²) in [6, 6.07) is 6.96. The van der Waals surface area contributed by atoms with Crippen LogP contribution in [0.4, 0.5) is 5.69 Å². The summed E-state index contributed by atoms with van der Waals surface area (Å²) >= 11 is 3.76. The standard InChI is InChI=1S/C14H14INO2S/c1-3-16(12-7-11(17)5-4-9(12)2)14(18)10-6-13(15)19-8-10/h4-8,17H,3H2,1-2H3. The summed E-state index contributed by atoms with van der Waals surface area (Å²) in [4.78, 5) is 14.2. The van der Waals surface area contributed by atoms with Crippen molar-refractivity contribution in [2.45, 2.75) is 13.8 Å². The molecule has 0 aliphatic rings. The summed E-state index contributed by atoms with van der Waals surface area (Å²) in [5.41, 5.74) is 2.42. The van der Waals surface area contributed by atoms with Crippen LogP contribution in [-0.2, 0) is 0 Å². The number of benzene rings is 1. The molecule has 0 unspecified atom stereocenters. The number of phenolic OH excluding ortho intramolecular Hbond substituents is 1. The largest absolute Gasteiger partial charge is 0.508 e. The molecule has 1 aromatic heterocycles. The van der Waals surface area contributed by atoms with Gasteiger partial charge in [-0.25, -0.2) is 0 Å². The Morgan fingerprint density at radius 1 is 1.42 bits per heavy atom. The molecule has 1 heterocycles. The molecule has 0 radical (unpaired) electrons. The van der Waals surface area contributed by atoms with Crippen LogP contribution in [0.2, 0.25) is 0 Å². The highest BCUT2D eigenvalue weighted by Gasteiger charge is 2.19. The molecule has 2 rings (SSSR count). The summed E-state index contributed by atoms with van der Waals surface area (Å²) < 4.78 is 1.09. The molecule has 0 spiro atoms. The van der Waals surface area contributed by atoms with Crippen molar-refractivity contribution in [2.75, 3.05) is 11.4 Å². The van der Waals surface area contributed by atoms with Crippen LogP contribution < -0.4 is 4.90 Å². The number of amides is 1. The minimum atomic E-state index is -0.0321. The molecule has 0 saturated carbocycles. The number of carbonyl (C=O) groups excluding carboxylic acids is 1. The lowest BCUT2D eigenvalue weighted by molar-refractivity contribution is 0.0988. The van der Waals surface area contributed by atoms with Crippen LogP contribution in [0, 0.1) is 9.81 Å². The molecule has 3 nitrogen and oxygen atoms in total. The number of hydrogen-bond acceptors (Lipinski definition) is 3. The molecule has 2 aromatic rings. The molecule has 0 saturated heterocycles. The number of aryl methyl sites for hydroxylation is 1. The number of phenols is 1. The topological polar surface area (TPSA) is 40.5 Å². The second kappa shape index (κ2) is 5.92. The SMILES string of the molecule is CCN(C(=O)c1csc(I)c1)c1cc(O)ccc1C. The minimum Gasteiger partial charge on any atom is -0.508 e. The Kier molecular flexibility index (Phi) is 4.46. The molecule has 1 amide bonds. The monoisotopic (exact) mass is 387 g/mol. The fraction of sp³-hybridized carbons (Fsp3) is 0.214. The van der Waals surface area contributed by atoms with E-state index in [2.05, 4.69) is 22.6 Å². The average molecular weight is 387 g/mol. The first-order valence-corrected chi connectivity index (χ1v) is 7.84. The van der Waals surface area contributed by atoms with E-state index in [1.54, 1.807) is 28.4 Å². The molecular formula is C14H14INO2S. The third-order valence-electron chi connectivity index (χ3n) is 2.86. The molecule has 0 atom stereocenters. The van der Waals surface area contributed by atoms with Crippen molar-refractivity contribution in [1.29, 1.82) is 0 Å². The highest BCUT2D eigenvalue weighted by molar-refractivity contribution is 14.1. The maximum Gasteiger partial charge on any atom is 0.259 e. The maximum absolute atomic E-state index is 12.5. The van der Waals surface area contributed by atoms with Gasteiger partial charge in [0.05, 0.1) is 14.1 Å². The van der Waals surface area contributed by atoms with Gasteiger partial charge in [-0.1, -0.05) is 6.07 Å². The number of aromatic hydroxyl groups is 1. The minimum absolute atomic E-state index is 0.0321. The average Bonchev–Trinajstić information content (AvgIpc) is 2.81. The van der Waals surface area contributed by atoms with Gasteiger partial charge in [-0.3, -0.25) is 4.79 Å². The zero-order valence-electron chi connectivity index (χ0n) is 10.7. The zero-order chi connectivity index (χ0) is 14.0. The summed E-state index contributed by atoms with van der Waals surface area (Å²) in [5, 5.41) is 11.5. The Bertz CT molecular complexity index is 609. The van der Waals surface area contributed by atoms with E-state index >= 15 is 0 Å². The second-order valence-corrected chi connectivity index (χ2v) is 6.97. The summed E-state index contributed by atoms with van der Waals surface area (Å²) in [6.07, 6.45) is 0. The highest BCUT2D eigenvalue weighted by atomic mass is 127. The van der Waals surface area contributed by atoms with E-state index in [4.69, 9.17) is 0 Å². The molecule has 0 aliphatic heterocycles. The molecule has 0 bridgehead atoms. The van der Waals surface area contributed by atoms with E-state index in [0.29, 0.717) is 12.1 Å². The summed E-state index contributed by atoms with van der Waals surface area (Å²) in [5.74, 6) is 0.141. The van der Waals surface area contributed by atoms with Gasteiger partial charge < -0.3 is 10.0 Å². The molecule has 100 valence electrons. The van der Waals surface area contributed by atoms with Crippen LogP contribution in [0.25, 0.3) is 0 Å². The number of rotatable bonds is 3. The normalized spacial score (nSPS) is 10.5. The Balaban J connectivity index is 2.39. The number of thiophene rings is 1. The predicted octanol–water partition coefficient (Wildman–Crippen LogP) is 4.03. The van der Waals surface area contributed by atoms with Gasteiger partial charge in [0.1, 0.15) is 5.75 Å². The van der Waals surface area contributed by atoms with Crippen LogP contribution in [0.5, 0.6) is 5.75 Å². The first kappa shape index (κ1) is 14.3. The fourth-order valence-electron chi connectivity index (χ4n) is 1.89. The molecule has 0 fully saturated rings. The molecule has 0 aliphatic carbocycles. The Hall–Kier alpha value is -1.08. The number of hydrogen-bond donors (Lipinski definition) is 1. The maximum atomic E-state index is 12.5. The van der Waals surface area contributed by atoms with Gasteiger partial charge >= 0.3 is 0 Å². The number of carbonyl (C=O) groups is 1. The third-order valence-corrected chi connectivity index (χ3v) is 4.65. The summed E-state index contributed by atoms with van der Waals surface area (Å²) in [7, 11) is 0. The third kappa shape index (κ3) is 3.09. The Labute approximate surface area is 130 Å². The highest BCUT2D eigenvalue weighted by Crippen LogP contribution is 2.27. The van der Waals surface area contributed by atoms with E-state index in [-0.39, 0.29) is 11.7 Å². The van der Waals surface area contributed by atoms with Crippen molar-refractivity contribution < 1.29 is 9.90 Å². The summed E-state index contributed by atoms with van der Waals surface area (Å²) in [6.45, 7) is 4.43. The van der Waals surface area contributed by atoms with Crippen LogP contribution >= 0.6 is 33.9 Å². The van der Waals surface area contributed by atoms with Gasteiger partial charge in [-0.05, 0) is 54.1 Å². The van der Waals surface area contributed by atoms with Gasteiger partial charge in [-0.15, -0.1) is 11.3 Å². The van der Waals surface area contributed by atoms with Crippen LogP contribution in [0.1, 0.15) is 22.8 Å². The van der Waals surface area contributed by atoms with E-state index < -0.39 is 0 Å². The van der Waals surface area contributed by atoms with E-state index in [0.717, 1.165) is 14.1 Å². The fourth-order valence-corrected chi connectivity index (χ4v) is 3.21. The molecule has 1 N–H and O–H groups in total. The molecular weight excluding hydrogens is 373 g/mol. The zero-order valence-corrected chi connectivity index (χ0v) is 13.7. The smallest absolute Gasteiger partial charge is 0.259 e. The second-order valence-electron chi connectivity index (χ2n) is 4.16. The first-order valence-electron chi connectivity index (χ1n) is 5.88. The van der Waals surface area contributed by atoms with Gasteiger partial charge in [0.25, 0.3) is 5.91 Å².